The van der Waals surface area contributed by atoms with Gasteiger partial charge in [-0.05, 0) is 46.5 Å². The van der Waals surface area contributed by atoms with E-state index in [0.29, 0.717) is 5.92 Å². The van der Waals surface area contributed by atoms with Crippen molar-refractivity contribution in [1.29, 1.82) is 0 Å². The molecule has 2 unspecified atom stereocenters. The molecule has 20 heavy (non-hydrogen) atoms. The average Bonchev–Trinajstić information content (AvgIpc) is 2.51. The zero-order valence-electron chi connectivity index (χ0n) is 11.4. The fourth-order valence-corrected chi connectivity index (χ4v) is 2.52. The fraction of sp³-hybridized carbons (Fsp3) is 0.176. The first-order valence-corrected chi connectivity index (χ1v) is 6.75. The summed E-state index contributed by atoms with van der Waals surface area (Å²) in [5, 5.41) is 0. The number of nitrogens with two attached hydrogens (primary N) is 1. The number of allylic oxidation sites excluding steroid dienone is 2. The smallest absolute Gasteiger partial charge is 0.0300 e. The largest absolute Gasteiger partial charge is 0.324 e. The van der Waals surface area contributed by atoms with Crippen molar-refractivity contribution in [3.8, 4) is 0 Å². The van der Waals surface area contributed by atoms with Crippen LogP contribution >= 0.6 is 0 Å². The second-order valence-electron chi connectivity index (χ2n) is 5.06. The first-order valence-electron chi connectivity index (χ1n) is 6.75. The maximum Gasteiger partial charge on any atom is 0.0300 e. The standard InChI is InChI=1S/C17H17N3/c1-12-16(14-4-8-20-9-5-14)10-15(11-17(12)18)13-2-6-19-7-3-13/h2-12,17H,18H2,1H3. The molecule has 2 heterocycles. The normalized spacial score (nSPS) is 22.1. The Bertz CT molecular complexity index is 644. The van der Waals surface area contributed by atoms with E-state index >= 15 is 0 Å². The van der Waals surface area contributed by atoms with Gasteiger partial charge < -0.3 is 5.73 Å². The van der Waals surface area contributed by atoms with Crippen molar-refractivity contribution in [2.75, 3.05) is 0 Å². The van der Waals surface area contributed by atoms with Crippen molar-refractivity contribution in [2.45, 2.75) is 13.0 Å². The highest BCUT2D eigenvalue weighted by atomic mass is 14.6. The SMILES string of the molecule is CC1C(c2ccncc2)=CC(c2ccncc2)=CC1N. The van der Waals surface area contributed by atoms with Crippen molar-refractivity contribution in [2.24, 2.45) is 11.7 Å². The third kappa shape index (κ3) is 2.40. The fourth-order valence-electron chi connectivity index (χ4n) is 2.52. The lowest BCUT2D eigenvalue weighted by atomic mass is 9.81. The van der Waals surface area contributed by atoms with E-state index < -0.39 is 0 Å². The Labute approximate surface area is 118 Å². The van der Waals surface area contributed by atoms with E-state index in [4.69, 9.17) is 5.73 Å². The summed E-state index contributed by atoms with van der Waals surface area (Å²) < 4.78 is 0. The summed E-state index contributed by atoms with van der Waals surface area (Å²) in [6.45, 7) is 2.16. The van der Waals surface area contributed by atoms with E-state index in [1.807, 2.05) is 36.7 Å². The minimum Gasteiger partial charge on any atom is -0.324 e. The predicted octanol–water partition coefficient (Wildman–Crippen LogP) is 2.92. The van der Waals surface area contributed by atoms with E-state index in [0.717, 1.165) is 11.1 Å². The van der Waals surface area contributed by atoms with Crippen LogP contribution in [0, 0.1) is 5.92 Å². The molecule has 1 aliphatic rings. The first-order chi connectivity index (χ1) is 9.75. The summed E-state index contributed by atoms with van der Waals surface area (Å²) in [6, 6.07) is 8.10. The van der Waals surface area contributed by atoms with E-state index in [1.54, 1.807) is 12.4 Å². The van der Waals surface area contributed by atoms with Crippen LogP contribution in [0.25, 0.3) is 11.1 Å². The minimum absolute atomic E-state index is 0.0198. The highest BCUT2D eigenvalue weighted by Crippen LogP contribution is 2.34. The van der Waals surface area contributed by atoms with Gasteiger partial charge in [0.25, 0.3) is 0 Å². The molecular formula is C17H17N3. The van der Waals surface area contributed by atoms with Gasteiger partial charge in [-0.3, -0.25) is 9.97 Å². The van der Waals surface area contributed by atoms with E-state index in [-0.39, 0.29) is 6.04 Å². The molecule has 2 aromatic rings. The number of hydrogen-bond donors (Lipinski definition) is 1. The molecular weight excluding hydrogens is 246 g/mol. The lowest BCUT2D eigenvalue weighted by Crippen LogP contribution is -2.29. The molecule has 0 aliphatic heterocycles. The van der Waals surface area contributed by atoms with Crippen LogP contribution in [-0.2, 0) is 0 Å². The lowest BCUT2D eigenvalue weighted by Gasteiger charge is -2.26. The van der Waals surface area contributed by atoms with Crippen molar-refractivity contribution >= 4 is 11.1 Å². The van der Waals surface area contributed by atoms with Crippen LogP contribution in [0.5, 0.6) is 0 Å². The van der Waals surface area contributed by atoms with Crippen LogP contribution in [0.2, 0.25) is 0 Å². The van der Waals surface area contributed by atoms with E-state index in [9.17, 15) is 0 Å². The van der Waals surface area contributed by atoms with Crippen LogP contribution in [0.3, 0.4) is 0 Å². The molecule has 0 spiro atoms. The molecule has 1 aliphatic carbocycles. The Hall–Kier alpha value is -2.26. The van der Waals surface area contributed by atoms with Gasteiger partial charge in [0, 0.05) is 36.7 Å². The quantitative estimate of drug-likeness (QED) is 0.906. The molecule has 2 aromatic heterocycles. The Morgan fingerprint density at radius 3 is 2.05 bits per heavy atom. The van der Waals surface area contributed by atoms with E-state index in [1.165, 1.54) is 11.1 Å². The molecule has 3 rings (SSSR count). The Balaban J connectivity index is 2.05. The third-order valence-electron chi connectivity index (χ3n) is 3.78. The summed E-state index contributed by atoms with van der Waals surface area (Å²) in [6.07, 6.45) is 11.6. The van der Waals surface area contributed by atoms with Crippen LogP contribution in [0.15, 0.2) is 61.2 Å². The van der Waals surface area contributed by atoms with Gasteiger partial charge in [-0.25, -0.2) is 0 Å². The van der Waals surface area contributed by atoms with Crippen LogP contribution in [0.4, 0.5) is 0 Å². The maximum atomic E-state index is 6.29. The van der Waals surface area contributed by atoms with Gasteiger partial charge >= 0.3 is 0 Å². The van der Waals surface area contributed by atoms with Crippen molar-refractivity contribution < 1.29 is 0 Å². The van der Waals surface area contributed by atoms with Gasteiger partial charge in [0.2, 0.25) is 0 Å². The first kappa shape index (κ1) is 12.8. The topological polar surface area (TPSA) is 51.8 Å². The number of hydrogen-bond acceptors (Lipinski definition) is 3. The predicted molar refractivity (Wildman–Crippen MR) is 81.6 cm³/mol. The van der Waals surface area contributed by atoms with Crippen LogP contribution in [0.1, 0.15) is 18.1 Å². The second-order valence-corrected chi connectivity index (χ2v) is 5.06. The molecule has 2 atom stereocenters. The Morgan fingerprint density at radius 2 is 1.45 bits per heavy atom. The number of rotatable bonds is 2. The van der Waals surface area contributed by atoms with E-state index in [2.05, 4.69) is 29.0 Å². The third-order valence-corrected chi connectivity index (χ3v) is 3.78. The van der Waals surface area contributed by atoms with Gasteiger partial charge in [-0.15, -0.1) is 0 Å². The summed E-state index contributed by atoms with van der Waals surface area (Å²) >= 11 is 0. The monoisotopic (exact) mass is 263 g/mol. The van der Waals surface area contributed by atoms with Crippen molar-refractivity contribution in [3.05, 3.63) is 72.3 Å². The zero-order chi connectivity index (χ0) is 13.9. The van der Waals surface area contributed by atoms with Gasteiger partial charge in [0.05, 0.1) is 0 Å². The molecule has 0 bridgehead atoms. The van der Waals surface area contributed by atoms with Crippen LogP contribution in [-0.4, -0.2) is 16.0 Å². The van der Waals surface area contributed by atoms with Gasteiger partial charge in [-0.2, -0.15) is 0 Å². The highest BCUT2D eigenvalue weighted by Gasteiger charge is 2.22. The van der Waals surface area contributed by atoms with Gasteiger partial charge in [0.1, 0.15) is 0 Å². The molecule has 0 saturated carbocycles. The number of nitrogens with zero attached hydrogens (tertiary/aromatic N) is 2. The molecule has 3 heteroatoms. The van der Waals surface area contributed by atoms with Crippen molar-refractivity contribution in [1.82, 2.24) is 9.97 Å². The zero-order valence-corrected chi connectivity index (χ0v) is 11.4. The summed E-state index contributed by atoms with van der Waals surface area (Å²) in [5.74, 6) is 0.294. The maximum absolute atomic E-state index is 6.29. The minimum atomic E-state index is 0.0198. The summed E-state index contributed by atoms with van der Waals surface area (Å²) in [7, 11) is 0. The average molecular weight is 263 g/mol. The molecule has 0 amide bonds. The molecule has 2 N–H and O–H groups in total. The van der Waals surface area contributed by atoms with Gasteiger partial charge in [0.15, 0.2) is 0 Å². The number of pyridine rings is 2. The molecule has 100 valence electrons. The lowest BCUT2D eigenvalue weighted by molar-refractivity contribution is 0.644. The Kier molecular flexibility index (Phi) is 3.44. The molecule has 0 saturated heterocycles. The number of aromatic nitrogens is 2. The van der Waals surface area contributed by atoms with Crippen molar-refractivity contribution in [3.63, 3.8) is 0 Å². The summed E-state index contributed by atoms with van der Waals surface area (Å²) in [4.78, 5) is 8.14. The summed E-state index contributed by atoms with van der Waals surface area (Å²) in [5.41, 5.74) is 11.0. The van der Waals surface area contributed by atoms with Gasteiger partial charge in [-0.1, -0.05) is 19.1 Å². The molecule has 0 fully saturated rings. The second kappa shape index (κ2) is 5.39. The Morgan fingerprint density at radius 1 is 0.900 bits per heavy atom. The molecule has 0 radical (unpaired) electrons. The highest BCUT2D eigenvalue weighted by molar-refractivity contribution is 5.87. The molecule has 0 aromatic carbocycles. The molecule has 3 nitrogen and oxygen atoms in total. The van der Waals surface area contributed by atoms with Crippen LogP contribution < -0.4 is 5.73 Å².